The lowest BCUT2D eigenvalue weighted by Crippen LogP contribution is -2.30. The van der Waals surface area contributed by atoms with Gasteiger partial charge in [-0.05, 0) is 51.1 Å². The summed E-state index contributed by atoms with van der Waals surface area (Å²) in [6.45, 7) is 5.00. The van der Waals surface area contributed by atoms with Gasteiger partial charge in [-0.15, -0.1) is 0 Å². The van der Waals surface area contributed by atoms with Crippen molar-refractivity contribution in [2.24, 2.45) is 0 Å². The summed E-state index contributed by atoms with van der Waals surface area (Å²) in [4.78, 5) is 41.9. The molecule has 2 aromatic carbocycles. The number of aromatic nitrogens is 4. The number of aryl methyl sites for hydroxylation is 1. The van der Waals surface area contributed by atoms with Gasteiger partial charge >= 0.3 is 11.7 Å². The third-order valence-corrected chi connectivity index (χ3v) is 4.93. The number of para-hydroxylation sites is 1. The predicted molar refractivity (Wildman–Crippen MR) is 115 cm³/mol. The number of nitrogens with one attached hydrogen (secondary N) is 3. The van der Waals surface area contributed by atoms with Gasteiger partial charge in [0.2, 0.25) is 0 Å². The van der Waals surface area contributed by atoms with Gasteiger partial charge in [-0.2, -0.15) is 5.10 Å². The Morgan fingerprint density at radius 2 is 1.77 bits per heavy atom. The zero-order valence-electron chi connectivity index (χ0n) is 17.2. The Bertz CT molecular complexity index is 1330. The third-order valence-electron chi connectivity index (χ3n) is 4.93. The molecule has 9 heteroatoms. The lowest BCUT2D eigenvalue weighted by Gasteiger charge is -2.14. The van der Waals surface area contributed by atoms with E-state index in [4.69, 9.17) is 4.74 Å². The monoisotopic (exact) mass is 419 g/mol. The van der Waals surface area contributed by atoms with Crippen molar-refractivity contribution in [1.82, 2.24) is 19.7 Å². The van der Waals surface area contributed by atoms with Crippen molar-refractivity contribution < 1.29 is 14.3 Å². The molecule has 2 heterocycles. The zero-order valence-corrected chi connectivity index (χ0v) is 17.2. The molecule has 0 fully saturated rings. The van der Waals surface area contributed by atoms with Gasteiger partial charge in [0.1, 0.15) is 5.56 Å². The number of fused-ring (bicyclic) bond motifs is 1. The SMILES string of the molecule is Cc1nn(-c2ccccc2)c(C)c1C(=O)O[C@@H](C)C(=O)Nc1ccc2[nH]c(=O)[nH]c2c1. The van der Waals surface area contributed by atoms with Crippen LogP contribution in [0.15, 0.2) is 53.3 Å². The molecule has 31 heavy (non-hydrogen) atoms. The van der Waals surface area contributed by atoms with Crippen LogP contribution in [0.4, 0.5) is 5.69 Å². The second-order valence-corrected chi connectivity index (χ2v) is 7.17. The minimum Gasteiger partial charge on any atom is -0.449 e. The Labute approximate surface area is 177 Å². The van der Waals surface area contributed by atoms with Gasteiger partial charge in [-0.3, -0.25) is 4.79 Å². The van der Waals surface area contributed by atoms with Crippen molar-refractivity contribution in [2.75, 3.05) is 5.32 Å². The molecule has 1 atom stereocenters. The molecule has 0 saturated heterocycles. The number of amides is 1. The first-order chi connectivity index (χ1) is 14.8. The number of anilines is 1. The number of imidazole rings is 1. The van der Waals surface area contributed by atoms with E-state index >= 15 is 0 Å². The van der Waals surface area contributed by atoms with E-state index in [1.807, 2.05) is 30.3 Å². The van der Waals surface area contributed by atoms with Gasteiger partial charge in [-0.1, -0.05) is 18.2 Å². The Morgan fingerprint density at radius 1 is 1.06 bits per heavy atom. The first kappa shape index (κ1) is 20.1. The van der Waals surface area contributed by atoms with Crippen molar-refractivity contribution in [3.8, 4) is 5.69 Å². The Kier molecular flexibility index (Phi) is 5.16. The molecule has 4 aromatic rings. The van der Waals surface area contributed by atoms with Crippen LogP contribution in [-0.2, 0) is 9.53 Å². The van der Waals surface area contributed by atoms with Crippen LogP contribution in [0.3, 0.4) is 0 Å². The highest BCUT2D eigenvalue weighted by Crippen LogP contribution is 2.20. The number of esters is 1. The molecule has 0 spiro atoms. The van der Waals surface area contributed by atoms with Crippen LogP contribution in [0.5, 0.6) is 0 Å². The van der Waals surface area contributed by atoms with E-state index in [1.54, 1.807) is 36.7 Å². The van der Waals surface area contributed by atoms with Crippen LogP contribution < -0.4 is 11.0 Å². The summed E-state index contributed by atoms with van der Waals surface area (Å²) < 4.78 is 7.07. The Hall–Kier alpha value is -4.14. The van der Waals surface area contributed by atoms with Crippen molar-refractivity contribution in [2.45, 2.75) is 26.9 Å². The molecule has 0 aliphatic heterocycles. The van der Waals surface area contributed by atoms with Crippen LogP contribution in [0, 0.1) is 13.8 Å². The normalized spacial score (nSPS) is 12.0. The van der Waals surface area contributed by atoms with Gasteiger partial charge in [0.25, 0.3) is 5.91 Å². The topological polar surface area (TPSA) is 122 Å². The van der Waals surface area contributed by atoms with Crippen LogP contribution in [0.1, 0.15) is 28.7 Å². The minimum absolute atomic E-state index is 0.329. The number of hydrogen-bond acceptors (Lipinski definition) is 5. The highest BCUT2D eigenvalue weighted by molar-refractivity contribution is 5.99. The highest BCUT2D eigenvalue weighted by Gasteiger charge is 2.25. The fourth-order valence-corrected chi connectivity index (χ4v) is 3.39. The van der Waals surface area contributed by atoms with Crippen molar-refractivity contribution in [1.29, 1.82) is 0 Å². The largest absolute Gasteiger partial charge is 0.449 e. The molecule has 3 N–H and O–H groups in total. The van der Waals surface area contributed by atoms with Gasteiger partial charge in [0, 0.05) is 5.69 Å². The van der Waals surface area contributed by atoms with Gasteiger partial charge in [0.15, 0.2) is 6.10 Å². The number of carbonyl (C=O) groups is 2. The lowest BCUT2D eigenvalue weighted by atomic mass is 10.2. The molecule has 0 radical (unpaired) electrons. The average Bonchev–Trinajstić information content (AvgIpc) is 3.26. The van der Waals surface area contributed by atoms with E-state index in [-0.39, 0.29) is 5.69 Å². The van der Waals surface area contributed by atoms with Crippen LogP contribution in [0.25, 0.3) is 16.7 Å². The maximum atomic E-state index is 12.8. The zero-order chi connectivity index (χ0) is 22.1. The summed E-state index contributed by atoms with van der Waals surface area (Å²) in [5, 5.41) is 7.12. The smallest absolute Gasteiger partial charge is 0.342 e. The molecule has 0 aliphatic carbocycles. The van der Waals surface area contributed by atoms with E-state index in [9.17, 15) is 14.4 Å². The summed E-state index contributed by atoms with van der Waals surface area (Å²) in [5.41, 5.74) is 3.63. The number of H-pyrrole nitrogens is 2. The molecule has 0 saturated carbocycles. The average molecular weight is 419 g/mol. The number of carbonyl (C=O) groups excluding carboxylic acids is 2. The number of aromatic amines is 2. The molecule has 158 valence electrons. The number of nitrogens with zero attached hydrogens (tertiary/aromatic N) is 2. The first-order valence-electron chi connectivity index (χ1n) is 9.69. The quantitative estimate of drug-likeness (QED) is 0.430. The summed E-state index contributed by atoms with van der Waals surface area (Å²) in [5.74, 6) is -1.11. The third kappa shape index (κ3) is 3.97. The van der Waals surface area contributed by atoms with Gasteiger partial charge in [0.05, 0.1) is 28.1 Å². The molecule has 0 unspecified atom stereocenters. The molecular weight excluding hydrogens is 398 g/mol. The molecule has 0 bridgehead atoms. The Morgan fingerprint density at radius 3 is 2.52 bits per heavy atom. The molecular formula is C22H21N5O4. The van der Waals surface area contributed by atoms with Gasteiger partial charge < -0.3 is 20.0 Å². The summed E-state index contributed by atoms with van der Waals surface area (Å²) in [6, 6.07) is 14.4. The molecule has 0 aliphatic rings. The lowest BCUT2D eigenvalue weighted by molar-refractivity contribution is -0.123. The number of hydrogen-bond donors (Lipinski definition) is 3. The van der Waals surface area contributed by atoms with Crippen molar-refractivity contribution in [3.63, 3.8) is 0 Å². The molecule has 4 rings (SSSR count). The number of benzene rings is 2. The fourth-order valence-electron chi connectivity index (χ4n) is 3.39. The molecule has 9 nitrogen and oxygen atoms in total. The molecule has 1 amide bonds. The molecule has 2 aromatic heterocycles. The van der Waals surface area contributed by atoms with Crippen molar-refractivity contribution >= 4 is 28.6 Å². The second kappa shape index (κ2) is 7.94. The van der Waals surface area contributed by atoms with E-state index in [0.717, 1.165) is 5.69 Å². The fraction of sp³-hybridized carbons (Fsp3) is 0.182. The summed E-state index contributed by atoms with van der Waals surface area (Å²) in [6.07, 6.45) is -1.03. The van der Waals surface area contributed by atoms with E-state index < -0.39 is 18.0 Å². The maximum absolute atomic E-state index is 12.8. The van der Waals surface area contributed by atoms with Crippen molar-refractivity contribution in [3.05, 3.63) is 76.0 Å². The first-order valence-corrected chi connectivity index (χ1v) is 9.69. The highest BCUT2D eigenvalue weighted by atomic mass is 16.5. The maximum Gasteiger partial charge on any atom is 0.342 e. The number of ether oxygens (including phenoxy) is 1. The Balaban J connectivity index is 1.48. The second-order valence-electron chi connectivity index (χ2n) is 7.17. The van der Waals surface area contributed by atoms with Crippen LogP contribution in [0.2, 0.25) is 0 Å². The van der Waals surface area contributed by atoms with E-state index in [1.165, 1.54) is 6.92 Å². The van der Waals surface area contributed by atoms with E-state index in [0.29, 0.717) is 33.7 Å². The summed E-state index contributed by atoms with van der Waals surface area (Å²) >= 11 is 0. The van der Waals surface area contributed by atoms with Gasteiger partial charge in [-0.25, -0.2) is 14.3 Å². The minimum atomic E-state index is -1.03. The standard InChI is InChI=1S/C22H21N5O4/c1-12-19(13(2)27(26-12)16-7-5-4-6-8-16)21(29)31-14(3)20(28)23-15-9-10-17-18(11-15)25-22(30)24-17/h4-11,14H,1-3H3,(H,23,28)(H2,24,25,30)/t14-/m0/s1. The van der Waals surface area contributed by atoms with E-state index in [2.05, 4.69) is 20.4 Å². The predicted octanol–water partition coefficient (Wildman–Crippen LogP) is 2.84. The summed E-state index contributed by atoms with van der Waals surface area (Å²) in [7, 11) is 0. The number of rotatable bonds is 5. The van der Waals surface area contributed by atoms with Crippen LogP contribution in [-0.4, -0.2) is 37.7 Å². The van der Waals surface area contributed by atoms with Crippen LogP contribution >= 0.6 is 0 Å².